The van der Waals surface area contributed by atoms with Crippen molar-refractivity contribution in [2.24, 2.45) is 0 Å². The van der Waals surface area contributed by atoms with Crippen LogP contribution < -0.4 is 5.32 Å². The Morgan fingerprint density at radius 3 is 2.52 bits per heavy atom. The van der Waals surface area contributed by atoms with Gasteiger partial charge in [-0.15, -0.1) is 0 Å². The first-order valence-corrected chi connectivity index (χ1v) is 8.34. The lowest BCUT2D eigenvalue weighted by Gasteiger charge is -2.17. The van der Waals surface area contributed by atoms with E-state index in [0.717, 1.165) is 10.0 Å². The Balaban J connectivity index is 2.12. The van der Waals surface area contributed by atoms with E-state index in [-0.39, 0.29) is 18.1 Å². The van der Waals surface area contributed by atoms with Gasteiger partial charge in [0.1, 0.15) is 5.82 Å². The van der Waals surface area contributed by atoms with E-state index >= 15 is 0 Å². The molecule has 1 unspecified atom stereocenters. The smallest absolute Gasteiger partial charge is 0.307 e. The van der Waals surface area contributed by atoms with E-state index in [0.29, 0.717) is 5.56 Å². The minimum absolute atomic E-state index is 0.0449. The lowest BCUT2D eigenvalue weighted by molar-refractivity contribution is -0.141. The Hall–Kier alpha value is -2.47. The largest absolute Gasteiger partial charge is 0.469 e. The van der Waals surface area contributed by atoms with Crippen LogP contribution in [-0.2, 0) is 14.3 Å². The molecule has 0 aromatic heterocycles. The van der Waals surface area contributed by atoms with Crippen LogP contribution in [0.4, 0.5) is 4.39 Å². The molecule has 1 atom stereocenters. The Morgan fingerprint density at radius 1 is 1.20 bits per heavy atom. The number of nitrogens with one attached hydrogen (secondary N) is 1. The summed E-state index contributed by atoms with van der Waals surface area (Å²) in [6.45, 7) is 0. The van der Waals surface area contributed by atoms with Gasteiger partial charge in [-0.05, 0) is 35.4 Å². The lowest BCUT2D eigenvalue weighted by Crippen LogP contribution is -2.29. The van der Waals surface area contributed by atoms with E-state index in [2.05, 4.69) is 26.0 Å². The van der Waals surface area contributed by atoms with Gasteiger partial charge in [0.2, 0.25) is 5.91 Å². The molecule has 130 valence electrons. The molecular weight excluding hydrogens is 389 g/mol. The summed E-state index contributed by atoms with van der Waals surface area (Å²) in [4.78, 5) is 23.8. The van der Waals surface area contributed by atoms with Crippen LogP contribution in [0.15, 0.2) is 59.1 Å². The Labute approximate surface area is 153 Å². The molecule has 0 saturated heterocycles. The van der Waals surface area contributed by atoms with Gasteiger partial charge in [0.15, 0.2) is 0 Å². The summed E-state index contributed by atoms with van der Waals surface area (Å²) in [7, 11) is 1.28. The maximum Gasteiger partial charge on any atom is 0.307 e. The van der Waals surface area contributed by atoms with Crippen molar-refractivity contribution in [3.8, 4) is 0 Å². The van der Waals surface area contributed by atoms with Gasteiger partial charge in [-0.25, -0.2) is 4.39 Å². The second kappa shape index (κ2) is 9.13. The number of amides is 1. The second-order valence-corrected chi connectivity index (χ2v) is 6.10. The summed E-state index contributed by atoms with van der Waals surface area (Å²) in [5.74, 6) is -1.22. The SMILES string of the molecule is COC(=O)CC(NC(=O)/C=C/c1ccccc1Br)c1ccc(F)cc1. The Morgan fingerprint density at radius 2 is 1.88 bits per heavy atom. The Kier molecular flexibility index (Phi) is 6.89. The van der Waals surface area contributed by atoms with Gasteiger partial charge >= 0.3 is 5.97 Å². The minimum atomic E-state index is -0.607. The molecule has 0 aliphatic heterocycles. The number of rotatable bonds is 6. The minimum Gasteiger partial charge on any atom is -0.469 e. The molecule has 0 spiro atoms. The fourth-order valence-corrected chi connectivity index (χ4v) is 2.61. The molecule has 2 rings (SSSR count). The van der Waals surface area contributed by atoms with E-state index in [9.17, 15) is 14.0 Å². The highest BCUT2D eigenvalue weighted by Crippen LogP contribution is 2.19. The van der Waals surface area contributed by atoms with Crippen molar-refractivity contribution >= 4 is 33.9 Å². The molecule has 6 heteroatoms. The first-order chi connectivity index (χ1) is 12.0. The number of carbonyl (C=O) groups is 2. The monoisotopic (exact) mass is 405 g/mol. The van der Waals surface area contributed by atoms with Crippen LogP contribution in [0, 0.1) is 5.82 Å². The second-order valence-electron chi connectivity index (χ2n) is 5.25. The van der Waals surface area contributed by atoms with Crippen molar-refractivity contribution in [3.05, 3.63) is 76.0 Å². The number of methoxy groups -OCH3 is 1. The number of halogens is 2. The quantitative estimate of drug-likeness (QED) is 0.583. The average Bonchev–Trinajstić information content (AvgIpc) is 2.61. The third kappa shape index (κ3) is 5.83. The van der Waals surface area contributed by atoms with Crippen LogP contribution in [0.25, 0.3) is 6.08 Å². The number of hydrogen-bond acceptors (Lipinski definition) is 3. The van der Waals surface area contributed by atoms with E-state index in [1.807, 2.05) is 24.3 Å². The highest BCUT2D eigenvalue weighted by molar-refractivity contribution is 9.10. The van der Waals surface area contributed by atoms with Crippen LogP contribution in [0.3, 0.4) is 0 Å². The number of ether oxygens (including phenoxy) is 1. The third-order valence-corrected chi connectivity index (χ3v) is 4.23. The molecule has 0 aliphatic carbocycles. The number of carbonyl (C=O) groups excluding carboxylic acids is 2. The van der Waals surface area contributed by atoms with Crippen molar-refractivity contribution < 1.29 is 18.7 Å². The zero-order valence-electron chi connectivity index (χ0n) is 13.5. The predicted molar refractivity (Wildman–Crippen MR) is 97.1 cm³/mol. The van der Waals surface area contributed by atoms with Gasteiger partial charge in [-0.1, -0.05) is 46.3 Å². The number of benzene rings is 2. The molecule has 1 N–H and O–H groups in total. The van der Waals surface area contributed by atoms with Crippen molar-refractivity contribution in [1.29, 1.82) is 0 Å². The van der Waals surface area contributed by atoms with Crippen molar-refractivity contribution in [2.45, 2.75) is 12.5 Å². The molecule has 0 fully saturated rings. The van der Waals surface area contributed by atoms with Gasteiger partial charge in [-0.2, -0.15) is 0 Å². The molecule has 0 bridgehead atoms. The zero-order chi connectivity index (χ0) is 18.2. The summed E-state index contributed by atoms with van der Waals surface area (Å²) in [5, 5.41) is 2.74. The van der Waals surface area contributed by atoms with E-state index < -0.39 is 12.0 Å². The van der Waals surface area contributed by atoms with Gasteiger partial charge in [0.05, 0.1) is 19.6 Å². The normalized spacial score (nSPS) is 12.0. The molecule has 0 heterocycles. The summed E-state index contributed by atoms with van der Waals surface area (Å²) in [6.07, 6.45) is 3.00. The molecule has 0 aliphatic rings. The van der Waals surface area contributed by atoms with Crippen LogP contribution in [0.1, 0.15) is 23.6 Å². The molecule has 1 amide bonds. The standard InChI is InChI=1S/C19H17BrFNO3/c1-25-19(24)12-17(14-6-9-15(21)10-7-14)22-18(23)11-8-13-4-2-3-5-16(13)20/h2-11,17H,12H2,1H3,(H,22,23)/b11-8+. The summed E-state index contributed by atoms with van der Waals surface area (Å²) < 4.78 is 18.6. The van der Waals surface area contributed by atoms with Crippen LogP contribution in [0.2, 0.25) is 0 Å². The molecule has 0 radical (unpaired) electrons. The van der Waals surface area contributed by atoms with Crippen LogP contribution in [0.5, 0.6) is 0 Å². The van der Waals surface area contributed by atoms with E-state index in [1.54, 1.807) is 6.08 Å². The first kappa shape index (κ1) is 18.9. The number of esters is 1. The summed E-state index contributed by atoms with van der Waals surface area (Å²) in [6, 6.07) is 12.5. The molecule has 25 heavy (non-hydrogen) atoms. The molecule has 2 aromatic carbocycles. The van der Waals surface area contributed by atoms with Crippen LogP contribution in [-0.4, -0.2) is 19.0 Å². The number of hydrogen-bond donors (Lipinski definition) is 1. The average molecular weight is 406 g/mol. The lowest BCUT2D eigenvalue weighted by atomic mass is 10.0. The van der Waals surface area contributed by atoms with E-state index in [4.69, 9.17) is 0 Å². The summed E-state index contributed by atoms with van der Waals surface area (Å²) >= 11 is 3.40. The highest BCUT2D eigenvalue weighted by Gasteiger charge is 2.18. The Bertz CT molecular complexity index is 774. The van der Waals surface area contributed by atoms with Crippen molar-refractivity contribution in [1.82, 2.24) is 5.32 Å². The summed E-state index contributed by atoms with van der Waals surface area (Å²) in [5.41, 5.74) is 1.47. The van der Waals surface area contributed by atoms with Gasteiger partial charge < -0.3 is 10.1 Å². The highest BCUT2D eigenvalue weighted by atomic mass is 79.9. The fraction of sp³-hybridized carbons (Fsp3) is 0.158. The third-order valence-electron chi connectivity index (χ3n) is 3.51. The maximum absolute atomic E-state index is 13.1. The predicted octanol–water partition coefficient (Wildman–Crippen LogP) is 4.02. The van der Waals surface area contributed by atoms with Gasteiger partial charge in [0, 0.05) is 10.5 Å². The van der Waals surface area contributed by atoms with Gasteiger partial charge in [-0.3, -0.25) is 9.59 Å². The van der Waals surface area contributed by atoms with E-state index in [1.165, 1.54) is 37.5 Å². The molecule has 2 aromatic rings. The molecule has 0 saturated carbocycles. The topological polar surface area (TPSA) is 55.4 Å². The molecular formula is C19H17BrFNO3. The van der Waals surface area contributed by atoms with Crippen molar-refractivity contribution in [2.75, 3.05) is 7.11 Å². The van der Waals surface area contributed by atoms with Crippen molar-refractivity contribution in [3.63, 3.8) is 0 Å². The molecule has 4 nitrogen and oxygen atoms in total. The van der Waals surface area contributed by atoms with Crippen LogP contribution >= 0.6 is 15.9 Å². The van der Waals surface area contributed by atoms with Gasteiger partial charge in [0.25, 0.3) is 0 Å². The fourth-order valence-electron chi connectivity index (χ4n) is 2.19. The maximum atomic E-state index is 13.1. The first-order valence-electron chi connectivity index (χ1n) is 7.55. The zero-order valence-corrected chi connectivity index (χ0v) is 15.1.